The lowest BCUT2D eigenvalue weighted by Gasteiger charge is -2.23. The van der Waals surface area contributed by atoms with E-state index in [2.05, 4.69) is 10.3 Å². The predicted octanol–water partition coefficient (Wildman–Crippen LogP) is 3.48. The summed E-state index contributed by atoms with van der Waals surface area (Å²) in [6, 6.07) is 10.3. The van der Waals surface area contributed by atoms with Crippen molar-refractivity contribution in [1.29, 1.82) is 0 Å². The second-order valence-electron chi connectivity index (χ2n) is 5.26. The third kappa shape index (κ3) is 4.44. The van der Waals surface area contributed by atoms with Crippen molar-refractivity contribution in [2.45, 2.75) is 18.9 Å². The van der Waals surface area contributed by atoms with Crippen LogP contribution >= 0.6 is 36.2 Å². The molecule has 4 nitrogen and oxygen atoms in total. The third-order valence-corrected chi connectivity index (χ3v) is 4.71. The number of carbonyl (C=O) groups is 1. The van der Waals surface area contributed by atoms with Crippen LogP contribution in [0.15, 0.2) is 35.7 Å². The summed E-state index contributed by atoms with van der Waals surface area (Å²) in [7, 11) is 1.93. The van der Waals surface area contributed by atoms with Gasteiger partial charge in [0, 0.05) is 30.1 Å². The molecule has 1 aromatic heterocycles. The normalized spacial score (nSPS) is 16.6. The zero-order valence-corrected chi connectivity index (χ0v) is 15.3. The van der Waals surface area contributed by atoms with Crippen molar-refractivity contribution >= 4 is 42.1 Å². The van der Waals surface area contributed by atoms with Gasteiger partial charge in [-0.25, -0.2) is 4.98 Å². The van der Waals surface area contributed by atoms with Crippen molar-refractivity contribution in [1.82, 2.24) is 15.2 Å². The Kier molecular flexibility index (Phi) is 7.99. The van der Waals surface area contributed by atoms with E-state index in [1.807, 2.05) is 47.7 Å². The molecule has 0 radical (unpaired) electrons. The summed E-state index contributed by atoms with van der Waals surface area (Å²) in [4.78, 5) is 19.1. The SMILES string of the molecule is CNCC1CCCN1C(=O)c1csc(-c2ccccc2)n1.Cl.Cl. The minimum atomic E-state index is 0. The van der Waals surface area contributed by atoms with Gasteiger partial charge in [0.2, 0.25) is 0 Å². The van der Waals surface area contributed by atoms with E-state index >= 15 is 0 Å². The van der Waals surface area contributed by atoms with Crippen LogP contribution in [0.3, 0.4) is 0 Å². The zero-order valence-electron chi connectivity index (χ0n) is 12.9. The number of halogens is 2. The number of benzene rings is 1. The first-order valence-electron chi connectivity index (χ1n) is 7.26. The highest BCUT2D eigenvalue weighted by atomic mass is 35.5. The number of amides is 1. The maximum absolute atomic E-state index is 12.6. The summed E-state index contributed by atoms with van der Waals surface area (Å²) in [5, 5.41) is 5.95. The molecule has 23 heavy (non-hydrogen) atoms. The quantitative estimate of drug-likeness (QED) is 0.891. The van der Waals surface area contributed by atoms with E-state index in [1.54, 1.807) is 0 Å². The Morgan fingerprint density at radius 3 is 2.78 bits per heavy atom. The molecule has 0 spiro atoms. The standard InChI is InChI=1S/C16H19N3OS.2ClH/c1-17-10-13-8-5-9-19(13)16(20)14-11-21-15(18-14)12-6-3-2-4-7-12;;/h2-4,6-7,11,13,17H,5,8-10H2,1H3;2*1H. The Hall–Kier alpha value is -1.14. The average molecular weight is 374 g/mol. The van der Waals surface area contributed by atoms with Crippen LogP contribution in [0.1, 0.15) is 23.3 Å². The van der Waals surface area contributed by atoms with Gasteiger partial charge in [-0.15, -0.1) is 36.2 Å². The summed E-state index contributed by atoms with van der Waals surface area (Å²) in [6.45, 7) is 1.69. The molecular weight excluding hydrogens is 353 g/mol. The van der Waals surface area contributed by atoms with E-state index < -0.39 is 0 Å². The van der Waals surface area contributed by atoms with Crippen LogP contribution in [0, 0.1) is 0 Å². The molecular formula is C16H21Cl2N3OS. The van der Waals surface area contributed by atoms with Gasteiger partial charge in [-0.05, 0) is 19.9 Å². The first kappa shape index (κ1) is 19.9. The maximum atomic E-state index is 12.6. The van der Waals surface area contributed by atoms with E-state index in [0.29, 0.717) is 11.7 Å². The number of nitrogens with zero attached hydrogens (tertiary/aromatic N) is 2. The van der Waals surface area contributed by atoms with Crippen molar-refractivity contribution in [3.05, 3.63) is 41.4 Å². The summed E-state index contributed by atoms with van der Waals surface area (Å²) in [5.74, 6) is 0.0613. The lowest BCUT2D eigenvalue weighted by Crippen LogP contribution is -2.40. The topological polar surface area (TPSA) is 45.2 Å². The van der Waals surface area contributed by atoms with Crippen molar-refractivity contribution in [2.24, 2.45) is 0 Å². The van der Waals surface area contributed by atoms with Crippen molar-refractivity contribution in [2.75, 3.05) is 20.1 Å². The highest BCUT2D eigenvalue weighted by Gasteiger charge is 2.30. The predicted molar refractivity (Wildman–Crippen MR) is 100 cm³/mol. The van der Waals surface area contributed by atoms with Gasteiger partial charge in [-0.1, -0.05) is 30.3 Å². The van der Waals surface area contributed by atoms with E-state index in [4.69, 9.17) is 0 Å². The van der Waals surface area contributed by atoms with Crippen molar-refractivity contribution in [3.8, 4) is 10.6 Å². The number of likely N-dealkylation sites (tertiary alicyclic amines) is 1. The number of rotatable bonds is 4. The van der Waals surface area contributed by atoms with Gasteiger partial charge in [0.1, 0.15) is 10.7 Å². The van der Waals surface area contributed by atoms with Gasteiger partial charge in [0.25, 0.3) is 5.91 Å². The molecule has 1 unspecified atom stereocenters. The first-order chi connectivity index (χ1) is 10.3. The van der Waals surface area contributed by atoms with Crippen molar-refractivity contribution < 1.29 is 4.79 Å². The Balaban J connectivity index is 0.00000132. The number of carbonyl (C=O) groups excluding carboxylic acids is 1. The average Bonchev–Trinajstić information content (AvgIpc) is 3.17. The van der Waals surface area contributed by atoms with Crippen LogP contribution in [-0.4, -0.2) is 42.0 Å². The van der Waals surface area contributed by atoms with Gasteiger partial charge in [-0.2, -0.15) is 0 Å². The van der Waals surface area contributed by atoms with E-state index in [9.17, 15) is 4.79 Å². The van der Waals surface area contributed by atoms with Gasteiger partial charge >= 0.3 is 0 Å². The van der Waals surface area contributed by atoms with Gasteiger partial charge < -0.3 is 10.2 Å². The molecule has 0 aliphatic carbocycles. The smallest absolute Gasteiger partial charge is 0.273 e. The molecule has 1 saturated heterocycles. The van der Waals surface area contributed by atoms with Crippen LogP contribution in [0.5, 0.6) is 0 Å². The lowest BCUT2D eigenvalue weighted by molar-refractivity contribution is 0.0732. The Morgan fingerprint density at radius 2 is 2.09 bits per heavy atom. The van der Waals surface area contributed by atoms with Crippen LogP contribution < -0.4 is 5.32 Å². The summed E-state index contributed by atoms with van der Waals surface area (Å²) in [6.07, 6.45) is 2.15. The van der Waals surface area contributed by atoms with E-state index in [1.165, 1.54) is 11.3 Å². The van der Waals surface area contributed by atoms with Crippen LogP contribution in [0.4, 0.5) is 0 Å². The molecule has 0 saturated carbocycles. The molecule has 1 atom stereocenters. The monoisotopic (exact) mass is 373 g/mol. The molecule has 2 aromatic rings. The minimum Gasteiger partial charge on any atom is -0.333 e. The highest BCUT2D eigenvalue weighted by molar-refractivity contribution is 7.13. The third-order valence-electron chi connectivity index (χ3n) is 3.82. The number of nitrogens with one attached hydrogen (secondary N) is 1. The molecule has 0 bridgehead atoms. The van der Waals surface area contributed by atoms with Crippen molar-refractivity contribution in [3.63, 3.8) is 0 Å². The first-order valence-corrected chi connectivity index (χ1v) is 8.14. The number of aromatic nitrogens is 1. The molecule has 2 heterocycles. The van der Waals surface area contributed by atoms with Gasteiger partial charge in [-0.3, -0.25) is 4.79 Å². The highest BCUT2D eigenvalue weighted by Crippen LogP contribution is 2.25. The van der Waals surface area contributed by atoms with E-state index in [0.717, 1.165) is 36.5 Å². The largest absolute Gasteiger partial charge is 0.333 e. The second kappa shape index (κ2) is 9.23. The van der Waals surface area contributed by atoms with Crippen LogP contribution in [-0.2, 0) is 0 Å². The minimum absolute atomic E-state index is 0. The maximum Gasteiger partial charge on any atom is 0.273 e. The molecule has 126 valence electrons. The number of hydrogen-bond acceptors (Lipinski definition) is 4. The fourth-order valence-electron chi connectivity index (χ4n) is 2.78. The molecule has 1 N–H and O–H groups in total. The molecule has 1 aliphatic rings. The molecule has 7 heteroatoms. The number of thiazole rings is 1. The number of hydrogen-bond donors (Lipinski definition) is 1. The Bertz CT molecular complexity index is 621. The molecule has 3 rings (SSSR count). The Morgan fingerprint density at radius 1 is 1.35 bits per heavy atom. The van der Waals surface area contributed by atoms with E-state index in [-0.39, 0.29) is 30.7 Å². The molecule has 1 fully saturated rings. The van der Waals surface area contributed by atoms with Gasteiger partial charge in [0.05, 0.1) is 0 Å². The number of likely N-dealkylation sites (N-methyl/N-ethyl adjacent to an activating group) is 1. The lowest BCUT2D eigenvalue weighted by atomic mass is 10.2. The van der Waals surface area contributed by atoms with Crippen LogP contribution in [0.2, 0.25) is 0 Å². The zero-order chi connectivity index (χ0) is 14.7. The van der Waals surface area contributed by atoms with Crippen LogP contribution in [0.25, 0.3) is 10.6 Å². The summed E-state index contributed by atoms with van der Waals surface area (Å²) in [5.41, 5.74) is 1.64. The van der Waals surface area contributed by atoms with Gasteiger partial charge in [0.15, 0.2) is 0 Å². The summed E-state index contributed by atoms with van der Waals surface area (Å²) >= 11 is 1.53. The molecule has 1 amide bonds. The Labute approximate surface area is 153 Å². The molecule has 1 aliphatic heterocycles. The fourth-order valence-corrected chi connectivity index (χ4v) is 3.58. The summed E-state index contributed by atoms with van der Waals surface area (Å²) < 4.78 is 0. The second-order valence-corrected chi connectivity index (χ2v) is 6.11. The molecule has 1 aromatic carbocycles. The fraction of sp³-hybridized carbons (Fsp3) is 0.375.